The molecule has 226 valence electrons. The van der Waals surface area contributed by atoms with E-state index in [2.05, 4.69) is 92.3 Å². The van der Waals surface area contributed by atoms with Crippen LogP contribution in [0, 0.1) is 24.7 Å². The second kappa shape index (κ2) is 12.0. The average molecular weight is 567 g/mol. The molecule has 2 fully saturated rings. The summed E-state index contributed by atoms with van der Waals surface area (Å²) in [5.41, 5.74) is 5.89. The fourth-order valence-corrected chi connectivity index (χ4v) is 9.73. The van der Waals surface area contributed by atoms with Crippen LogP contribution in [-0.4, -0.2) is 40.6 Å². The summed E-state index contributed by atoms with van der Waals surface area (Å²) in [5, 5.41) is 0. The van der Waals surface area contributed by atoms with Gasteiger partial charge in [-0.1, -0.05) is 56.9 Å². The molecule has 0 radical (unpaired) electrons. The number of likely N-dealkylation sites (tertiary alicyclic amines) is 1. The minimum atomic E-state index is 0.226. The van der Waals surface area contributed by atoms with E-state index in [1.165, 1.54) is 87.3 Å². The lowest BCUT2D eigenvalue weighted by Crippen LogP contribution is -2.59. The summed E-state index contributed by atoms with van der Waals surface area (Å²) in [6, 6.07) is 7.03. The molecule has 6 aliphatic rings. The third kappa shape index (κ3) is 5.33. The summed E-state index contributed by atoms with van der Waals surface area (Å²) in [4.78, 5) is 5.65. The van der Waals surface area contributed by atoms with E-state index in [4.69, 9.17) is 4.74 Å². The van der Waals surface area contributed by atoms with E-state index in [0.717, 1.165) is 24.1 Å². The van der Waals surface area contributed by atoms with E-state index < -0.39 is 0 Å². The largest absolute Gasteiger partial charge is 0.485 e. The lowest BCUT2D eigenvalue weighted by Gasteiger charge is -2.53. The number of rotatable bonds is 7. The highest BCUT2D eigenvalue weighted by Crippen LogP contribution is 2.47. The van der Waals surface area contributed by atoms with Gasteiger partial charge in [0.15, 0.2) is 0 Å². The third-order valence-corrected chi connectivity index (χ3v) is 12.1. The Labute approximate surface area is 255 Å². The first-order chi connectivity index (χ1) is 20.5. The maximum atomic E-state index is 6.47. The number of ether oxygens (including phenoxy) is 1. The van der Waals surface area contributed by atoms with E-state index in [0.29, 0.717) is 36.0 Å². The summed E-state index contributed by atoms with van der Waals surface area (Å²) in [6.07, 6.45) is 31.9. The van der Waals surface area contributed by atoms with Crippen molar-refractivity contribution >= 4 is 0 Å². The number of fused-ring (bicyclic) bond motifs is 4. The Kier molecular flexibility index (Phi) is 8.16. The predicted molar refractivity (Wildman–Crippen MR) is 175 cm³/mol. The SMILES string of the molecule is CC[C@@H](C)N1C(CN2C=CC(CC3CCCC3)=CC2c2cc3c(cc2C)OC2C=CCCC32)CC2CCC=CC2C1C. The molecule has 1 aromatic carbocycles. The van der Waals surface area contributed by atoms with Crippen molar-refractivity contribution in [3.63, 3.8) is 0 Å². The molecule has 7 unspecified atom stereocenters. The Morgan fingerprint density at radius 2 is 1.81 bits per heavy atom. The topological polar surface area (TPSA) is 15.7 Å². The van der Waals surface area contributed by atoms with E-state index in [9.17, 15) is 0 Å². The van der Waals surface area contributed by atoms with Crippen LogP contribution in [0.5, 0.6) is 5.75 Å². The van der Waals surface area contributed by atoms with Crippen molar-refractivity contribution in [1.29, 1.82) is 0 Å². The number of aryl methyl sites for hydroxylation is 1. The van der Waals surface area contributed by atoms with Crippen molar-refractivity contribution in [2.75, 3.05) is 6.54 Å². The number of piperidine rings is 1. The van der Waals surface area contributed by atoms with Crippen LogP contribution in [0.4, 0.5) is 0 Å². The number of allylic oxidation sites excluding steroid dienone is 4. The Hall–Kier alpha value is -2.26. The standard InChI is InChI=1S/C39H54N2O/c1-5-27(3)41-28(4)33-15-9-8-14-31(33)23-32(41)25-40-19-18-30(21-29-12-6-7-13-29)22-37(40)35-24-36-34-16-10-11-17-38(34)42-39(36)20-26(35)2/h9,11,15,17-20,22,24,27-29,31-34,37-38H,5-8,10,12-14,16,21,23,25H2,1-4H3/t27-,28?,31?,32?,33?,34?,37?,38?/m1/s1. The Bertz CT molecular complexity index is 1250. The number of nitrogens with zero attached hydrogens (tertiary/aromatic N) is 2. The Morgan fingerprint density at radius 1 is 1.00 bits per heavy atom. The number of hydrogen-bond acceptors (Lipinski definition) is 3. The molecule has 0 spiro atoms. The fraction of sp³-hybridized carbons (Fsp3) is 0.641. The van der Waals surface area contributed by atoms with Gasteiger partial charge in [-0.2, -0.15) is 0 Å². The molecule has 1 saturated carbocycles. The summed E-state index contributed by atoms with van der Waals surface area (Å²) < 4.78 is 6.47. The molecule has 3 aliphatic heterocycles. The monoisotopic (exact) mass is 566 g/mol. The van der Waals surface area contributed by atoms with Crippen molar-refractivity contribution in [1.82, 2.24) is 9.80 Å². The molecule has 0 bridgehead atoms. The summed E-state index contributed by atoms with van der Waals surface area (Å²) in [7, 11) is 0. The number of hydrogen-bond donors (Lipinski definition) is 0. The minimum Gasteiger partial charge on any atom is -0.485 e. The Balaban J connectivity index is 1.22. The summed E-state index contributed by atoms with van der Waals surface area (Å²) in [6.45, 7) is 10.8. The Morgan fingerprint density at radius 3 is 2.64 bits per heavy atom. The lowest BCUT2D eigenvalue weighted by atomic mass is 9.71. The van der Waals surface area contributed by atoms with Crippen molar-refractivity contribution in [3.05, 3.63) is 77.1 Å². The van der Waals surface area contributed by atoms with Crippen molar-refractivity contribution in [2.24, 2.45) is 17.8 Å². The highest BCUT2D eigenvalue weighted by Gasteiger charge is 2.43. The van der Waals surface area contributed by atoms with Gasteiger partial charge in [0, 0.05) is 42.4 Å². The third-order valence-electron chi connectivity index (χ3n) is 12.1. The smallest absolute Gasteiger partial charge is 0.124 e. The van der Waals surface area contributed by atoms with Gasteiger partial charge in [-0.05, 0) is 124 Å². The van der Waals surface area contributed by atoms with Gasteiger partial charge in [-0.15, -0.1) is 0 Å². The molecule has 3 aliphatic carbocycles. The van der Waals surface area contributed by atoms with Gasteiger partial charge in [0.1, 0.15) is 11.9 Å². The molecular formula is C39H54N2O. The fourth-order valence-electron chi connectivity index (χ4n) is 9.73. The van der Waals surface area contributed by atoms with Crippen molar-refractivity contribution in [2.45, 2.75) is 135 Å². The van der Waals surface area contributed by atoms with Gasteiger partial charge in [0.2, 0.25) is 0 Å². The average Bonchev–Trinajstić information content (AvgIpc) is 3.64. The van der Waals surface area contributed by atoms with Gasteiger partial charge in [0.05, 0.1) is 6.04 Å². The molecule has 3 heteroatoms. The van der Waals surface area contributed by atoms with E-state index in [1.54, 1.807) is 5.57 Å². The zero-order valence-electron chi connectivity index (χ0n) is 26.7. The van der Waals surface area contributed by atoms with Gasteiger partial charge in [-0.25, -0.2) is 0 Å². The van der Waals surface area contributed by atoms with Crippen LogP contribution in [-0.2, 0) is 0 Å². The summed E-state index contributed by atoms with van der Waals surface area (Å²) in [5.74, 6) is 4.05. The molecule has 0 N–H and O–H groups in total. The van der Waals surface area contributed by atoms with Crippen LogP contribution in [0.1, 0.15) is 120 Å². The van der Waals surface area contributed by atoms with Crippen LogP contribution in [0.2, 0.25) is 0 Å². The predicted octanol–water partition coefficient (Wildman–Crippen LogP) is 9.41. The van der Waals surface area contributed by atoms with Crippen LogP contribution in [0.25, 0.3) is 0 Å². The second-order valence-electron chi connectivity index (χ2n) is 14.7. The molecular weight excluding hydrogens is 512 g/mol. The molecule has 42 heavy (non-hydrogen) atoms. The summed E-state index contributed by atoms with van der Waals surface area (Å²) >= 11 is 0. The van der Waals surface area contributed by atoms with Crippen LogP contribution in [0.3, 0.4) is 0 Å². The minimum absolute atomic E-state index is 0.226. The highest BCUT2D eigenvalue weighted by molar-refractivity contribution is 5.51. The van der Waals surface area contributed by atoms with E-state index >= 15 is 0 Å². The van der Waals surface area contributed by atoms with Crippen LogP contribution < -0.4 is 4.74 Å². The molecule has 1 aromatic rings. The van der Waals surface area contributed by atoms with Gasteiger partial charge >= 0.3 is 0 Å². The first-order valence-electron chi connectivity index (χ1n) is 17.6. The zero-order chi connectivity index (χ0) is 28.8. The quantitative estimate of drug-likeness (QED) is 0.306. The molecule has 7 rings (SSSR count). The zero-order valence-corrected chi connectivity index (χ0v) is 26.7. The first-order valence-corrected chi connectivity index (χ1v) is 17.6. The molecule has 0 amide bonds. The van der Waals surface area contributed by atoms with E-state index in [1.807, 2.05) is 0 Å². The molecule has 3 nitrogen and oxygen atoms in total. The molecule has 3 heterocycles. The van der Waals surface area contributed by atoms with Gasteiger partial charge in [0.25, 0.3) is 0 Å². The molecule has 0 aromatic heterocycles. The number of benzene rings is 1. The van der Waals surface area contributed by atoms with E-state index in [-0.39, 0.29) is 6.10 Å². The molecule has 1 saturated heterocycles. The molecule has 8 atom stereocenters. The highest BCUT2D eigenvalue weighted by atomic mass is 16.5. The maximum absolute atomic E-state index is 6.47. The first kappa shape index (κ1) is 28.5. The second-order valence-corrected chi connectivity index (χ2v) is 14.7. The van der Waals surface area contributed by atoms with Crippen molar-refractivity contribution in [3.8, 4) is 5.75 Å². The normalized spacial score (nSPS) is 35.0. The van der Waals surface area contributed by atoms with Crippen molar-refractivity contribution < 1.29 is 4.74 Å². The van der Waals surface area contributed by atoms with Gasteiger partial charge in [-0.3, -0.25) is 4.90 Å². The van der Waals surface area contributed by atoms with Crippen LogP contribution in [0.15, 0.2) is 60.4 Å². The maximum Gasteiger partial charge on any atom is 0.124 e. The van der Waals surface area contributed by atoms with Crippen LogP contribution >= 0.6 is 0 Å². The van der Waals surface area contributed by atoms with Gasteiger partial charge < -0.3 is 9.64 Å². The lowest BCUT2D eigenvalue weighted by molar-refractivity contribution is -0.0182.